The van der Waals surface area contributed by atoms with E-state index in [0.29, 0.717) is 54.7 Å². The zero-order valence-corrected chi connectivity index (χ0v) is 31.5. The van der Waals surface area contributed by atoms with E-state index in [-0.39, 0.29) is 37.1 Å². The van der Waals surface area contributed by atoms with Gasteiger partial charge in [0.05, 0.1) is 29.9 Å². The van der Waals surface area contributed by atoms with Crippen LogP contribution >= 0.6 is 0 Å². The number of anilines is 1. The molecule has 4 N–H and O–H groups in total. The molecule has 53 heavy (non-hydrogen) atoms. The van der Waals surface area contributed by atoms with Crippen LogP contribution in [0.3, 0.4) is 0 Å². The number of amides is 4. The van der Waals surface area contributed by atoms with Gasteiger partial charge < -0.3 is 35.0 Å². The third kappa shape index (κ3) is 8.14. The van der Waals surface area contributed by atoms with Gasteiger partial charge >= 0.3 is 6.09 Å². The first-order valence-electron chi connectivity index (χ1n) is 18.2. The number of carboxylic acid groups (broad SMARTS) is 1. The molecule has 2 aliphatic carbocycles. The van der Waals surface area contributed by atoms with Gasteiger partial charge in [0.2, 0.25) is 21.8 Å². The molecule has 1 saturated heterocycles. The fourth-order valence-corrected chi connectivity index (χ4v) is 8.88. The number of fused-ring (bicyclic) bond motifs is 3. The van der Waals surface area contributed by atoms with Crippen LogP contribution in [0.15, 0.2) is 30.4 Å². The second-order valence-corrected chi connectivity index (χ2v) is 16.9. The minimum absolute atomic E-state index is 0.0155. The Balaban J connectivity index is 1.36. The van der Waals surface area contributed by atoms with Crippen molar-refractivity contribution in [2.24, 2.45) is 17.8 Å². The first-order chi connectivity index (χ1) is 25.1. The Morgan fingerprint density at radius 1 is 1.13 bits per heavy atom. The second-order valence-electron chi connectivity index (χ2n) is 15.0. The summed E-state index contributed by atoms with van der Waals surface area (Å²) in [5, 5.41) is 14.5. The van der Waals surface area contributed by atoms with Crippen LogP contribution in [0.1, 0.15) is 65.2 Å². The summed E-state index contributed by atoms with van der Waals surface area (Å²) in [5.74, 6) is -1.61. The molecule has 17 heteroatoms. The SMILES string of the molecule is CC[C@@H]1C[C@H](C)CC/C=C\[C@@H]2C[C@@]2(C(=O)NS(=O)(=O)C2CC2)NC(=O)[C@@H]2C[C@@H](Oc3nc4ccc(OC)cc4nc3N(C)C)CN2C(=O)[C@H]1NC(=O)O. The lowest BCUT2D eigenvalue weighted by Gasteiger charge is -2.33. The number of sulfonamides is 1. The zero-order chi connectivity index (χ0) is 38.2. The van der Waals surface area contributed by atoms with Crippen LogP contribution < -0.4 is 29.7 Å². The summed E-state index contributed by atoms with van der Waals surface area (Å²) in [6.07, 6.45) is 5.18. The van der Waals surface area contributed by atoms with Crippen molar-refractivity contribution in [3.05, 3.63) is 30.4 Å². The number of nitrogens with zero attached hydrogens (tertiary/aromatic N) is 4. The summed E-state index contributed by atoms with van der Waals surface area (Å²) in [7, 11) is 1.20. The van der Waals surface area contributed by atoms with E-state index in [1.54, 1.807) is 44.3 Å². The lowest BCUT2D eigenvalue weighted by Crippen LogP contribution is -2.59. The van der Waals surface area contributed by atoms with Crippen LogP contribution in [0.4, 0.5) is 10.6 Å². The molecule has 16 nitrogen and oxygen atoms in total. The molecule has 0 bridgehead atoms. The highest BCUT2D eigenvalue weighted by molar-refractivity contribution is 7.91. The standard InChI is InChI=1S/C36H49N7O9S/c1-6-21-15-20(2)9-7-8-10-22-18-36(22,34(46)41-53(49,50)25-12-13-25)40-31(44)28-17-24(19-43(28)33(45)29(21)39-35(47)48)52-32-30(42(3)4)37-27-16-23(51-5)11-14-26(27)38-32/h8,10-11,14,16,20-22,24-25,28-29,39H,6-7,9,12-13,15,17-19H2,1-5H3,(H,40,44)(H,41,46)(H,47,48)/b10-8-/t20-,21-,22-,24-,28+,29+,36-/m1/s1. The Labute approximate surface area is 309 Å². The van der Waals surface area contributed by atoms with Gasteiger partial charge in [0, 0.05) is 32.5 Å². The number of ether oxygens (including phenoxy) is 2. The highest BCUT2D eigenvalue weighted by Gasteiger charge is 2.62. The van der Waals surface area contributed by atoms with Crippen molar-refractivity contribution >= 4 is 50.7 Å². The van der Waals surface area contributed by atoms with Gasteiger partial charge in [-0.25, -0.2) is 23.2 Å². The molecule has 3 fully saturated rings. The van der Waals surface area contributed by atoms with E-state index in [9.17, 15) is 32.7 Å². The topological polar surface area (TPSA) is 209 Å². The molecule has 1 aromatic heterocycles. The van der Waals surface area contributed by atoms with Gasteiger partial charge in [0.15, 0.2) is 5.82 Å². The number of hydrogen-bond acceptors (Lipinski definition) is 11. The monoisotopic (exact) mass is 755 g/mol. The smallest absolute Gasteiger partial charge is 0.405 e. The maximum absolute atomic E-state index is 14.6. The number of hydrogen-bond donors (Lipinski definition) is 4. The molecule has 1 aromatic carbocycles. The largest absolute Gasteiger partial charge is 0.497 e. The van der Waals surface area contributed by atoms with Gasteiger partial charge in [0.1, 0.15) is 29.5 Å². The molecule has 4 aliphatic rings. The van der Waals surface area contributed by atoms with Gasteiger partial charge in [-0.3, -0.25) is 19.1 Å². The van der Waals surface area contributed by atoms with Crippen molar-refractivity contribution in [3.63, 3.8) is 0 Å². The lowest BCUT2D eigenvalue weighted by molar-refractivity contribution is -0.142. The Bertz CT molecular complexity index is 1900. The summed E-state index contributed by atoms with van der Waals surface area (Å²) in [6.45, 7) is 3.86. The fraction of sp³-hybridized carbons (Fsp3) is 0.611. The molecule has 0 spiro atoms. The van der Waals surface area contributed by atoms with E-state index in [4.69, 9.17) is 19.4 Å². The average Bonchev–Trinajstić information content (AvgIpc) is 4.04. The van der Waals surface area contributed by atoms with E-state index < -0.39 is 68.7 Å². The molecule has 7 atom stereocenters. The van der Waals surface area contributed by atoms with Gasteiger partial charge in [-0.1, -0.05) is 32.4 Å². The van der Waals surface area contributed by atoms with E-state index in [1.165, 1.54) is 4.90 Å². The highest BCUT2D eigenvalue weighted by Crippen LogP contribution is 2.46. The first kappa shape index (κ1) is 38.1. The van der Waals surface area contributed by atoms with Crippen LogP contribution in [0.5, 0.6) is 11.6 Å². The molecule has 4 amide bonds. The predicted octanol–water partition coefficient (Wildman–Crippen LogP) is 2.57. The van der Waals surface area contributed by atoms with Crippen LogP contribution in [0, 0.1) is 17.8 Å². The third-order valence-corrected chi connectivity index (χ3v) is 12.6. The van der Waals surface area contributed by atoms with Gasteiger partial charge in [-0.15, -0.1) is 0 Å². The quantitative estimate of drug-likeness (QED) is 0.272. The number of allylic oxidation sites excluding steroid dienone is 1. The number of carbonyl (C=O) groups is 4. The first-order valence-corrected chi connectivity index (χ1v) is 19.7. The average molecular weight is 756 g/mol. The van der Waals surface area contributed by atoms with Crippen LogP contribution in [0.25, 0.3) is 11.0 Å². The van der Waals surface area contributed by atoms with Gasteiger partial charge in [-0.2, -0.15) is 0 Å². The van der Waals surface area contributed by atoms with Crippen molar-refractivity contribution in [2.75, 3.05) is 32.6 Å². The molecule has 2 saturated carbocycles. The summed E-state index contributed by atoms with van der Waals surface area (Å²) < 4.78 is 39.7. The molecule has 288 valence electrons. The van der Waals surface area contributed by atoms with Crippen molar-refractivity contribution in [2.45, 2.75) is 94.2 Å². The van der Waals surface area contributed by atoms with E-state index in [1.807, 2.05) is 26.0 Å². The minimum atomic E-state index is -3.91. The lowest BCUT2D eigenvalue weighted by atomic mass is 9.85. The Kier molecular flexibility index (Phi) is 10.8. The fourth-order valence-electron chi connectivity index (χ4n) is 7.51. The van der Waals surface area contributed by atoms with Gasteiger partial charge in [0.25, 0.3) is 11.8 Å². The number of aromatic nitrogens is 2. The van der Waals surface area contributed by atoms with Crippen LogP contribution in [0.2, 0.25) is 0 Å². The second kappa shape index (κ2) is 15.0. The Morgan fingerprint density at radius 3 is 2.55 bits per heavy atom. The molecular weight excluding hydrogens is 707 g/mol. The van der Waals surface area contributed by atoms with E-state index in [0.717, 1.165) is 6.42 Å². The number of methoxy groups -OCH3 is 1. The van der Waals surface area contributed by atoms with Crippen molar-refractivity contribution in [3.8, 4) is 11.6 Å². The summed E-state index contributed by atoms with van der Waals surface area (Å²) in [5.41, 5.74) is -0.444. The summed E-state index contributed by atoms with van der Waals surface area (Å²) in [4.78, 5) is 67.2. The maximum Gasteiger partial charge on any atom is 0.405 e. The number of carbonyl (C=O) groups excluding carboxylic acids is 3. The summed E-state index contributed by atoms with van der Waals surface area (Å²) >= 11 is 0. The Hall–Kier alpha value is -4.67. The van der Waals surface area contributed by atoms with E-state index in [2.05, 4.69) is 15.4 Å². The van der Waals surface area contributed by atoms with Crippen LogP contribution in [-0.2, 0) is 24.4 Å². The van der Waals surface area contributed by atoms with Crippen molar-refractivity contribution in [1.29, 1.82) is 0 Å². The third-order valence-electron chi connectivity index (χ3n) is 10.8. The van der Waals surface area contributed by atoms with Crippen molar-refractivity contribution < 1.29 is 42.2 Å². The minimum Gasteiger partial charge on any atom is -0.497 e. The molecule has 6 rings (SSSR count). The normalized spacial score (nSPS) is 29.8. The van der Waals surface area contributed by atoms with Crippen molar-refractivity contribution in [1.82, 2.24) is 30.2 Å². The van der Waals surface area contributed by atoms with Gasteiger partial charge in [-0.05, 0) is 62.5 Å². The molecular formula is C36H49N7O9S. The van der Waals surface area contributed by atoms with E-state index >= 15 is 0 Å². The Morgan fingerprint density at radius 2 is 1.89 bits per heavy atom. The maximum atomic E-state index is 14.6. The molecule has 0 unspecified atom stereocenters. The molecule has 0 radical (unpaired) electrons. The predicted molar refractivity (Wildman–Crippen MR) is 195 cm³/mol. The molecule has 2 aromatic rings. The number of nitrogens with one attached hydrogen (secondary N) is 3. The number of rotatable bonds is 9. The molecule has 3 heterocycles. The van der Waals surface area contributed by atoms with Crippen LogP contribution in [-0.4, -0.2) is 109 Å². The molecule has 2 aliphatic heterocycles. The zero-order valence-electron chi connectivity index (χ0n) is 30.7. The number of benzene rings is 1. The summed E-state index contributed by atoms with van der Waals surface area (Å²) in [6, 6.07) is 2.90. The highest BCUT2D eigenvalue weighted by atomic mass is 32.2.